The van der Waals surface area contributed by atoms with Crippen LogP contribution in [-0.2, 0) is 6.54 Å². The molecule has 0 unspecified atom stereocenters. The average molecular weight is 245 g/mol. The first-order valence-corrected chi connectivity index (χ1v) is 5.52. The molecule has 0 radical (unpaired) electrons. The van der Waals surface area contributed by atoms with E-state index >= 15 is 0 Å². The Morgan fingerprint density at radius 1 is 1.24 bits per heavy atom. The van der Waals surface area contributed by atoms with Gasteiger partial charge in [-0.05, 0) is 30.3 Å². The molecule has 86 valence electrons. The fourth-order valence-electron chi connectivity index (χ4n) is 1.31. The summed E-state index contributed by atoms with van der Waals surface area (Å²) in [6, 6.07) is 8.79. The molecule has 0 atom stereocenters. The lowest BCUT2D eigenvalue weighted by Crippen LogP contribution is -2.23. The van der Waals surface area contributed by atoms with E-state index < -0.39 is 0 Å². The van der Waals surface area contributed by atoms with Crippen LogP contribution in [0.4, 0.5) is 0 Å². The summed E-state index contributed by atoms with van der Waals surface area (Å²) in [6.45, 7) is 0.393. The highest BCUT2D eigenvalue weighted by Crippen LogP contribution is 2.07. The minimum absolute atomic E-state index is 0.128. The minimum Gasteiger partial charge on any atom is -0.346 e. The van der Waals surface area contributed by atoms with Crippen LogP contribution >= 0.6 is 12.6 Å². The molecule has 17 heavy (non-hydrogen) atoms. The normalized spacial score (nSPS) is 9.94. The highest BCUT2D eigenvalue weighted by Gasteiger charge is 2.04. The Morgan fingerprint density at radius 3 is 2.65 bits per heavy atom. The third-order valence-corrected chi connectivity index (χ3v) is 2.50. The molecule has 1 N–H and O–H groups in total. The average Bonchev–Trinajstić information content (AvgIpc) is 2.38. The minimum atomic E-state index is -0.128. The number of thiol groups is 1. The monoisotopic (exact) mass is 245 g/mol. The van der Waals surface area contributed by atoms with Crippen LogP contribution in [0.3, 0.4) is 0 Å². The van der Waals surface area contributed by atoms with E-state index in [-0.39, 0.29) is 5.91 Å². The van der Waals surface area contributed by atoms with Crippen molar-refractivity contribution in [2.75, 3.05) is 0 Å². The number of hydrogen-bond acceptors (Lipinski definition) is 4. The highest BCUT2D eigenvalue weighted by molar-refractivity contribution is 7.80. The molecule has 0 aliphatic rings. The highest BCUT2D eigenvalue weighted by atomic mass is 32.1. The van der Waals surface area contributed by atoms with Gasteiger partial charge in [-0.15, -0.1) is 12.6 Å². The van der Waals surface area contributed by atoms with Gasteiger partial charge in [-0.1, -0.05) is 0 Å². The van der Waals surface area contributed by atoms with Crippen LogP contribution < -0.4 is 5.32 Å². The number of amides is 1. The van der Waals surface area contributed by atoms with Crippen molar-refractivity contribution in [2.45, 2.75) is 11.4 Å². The maximum Gasteiger partial charge on any atom is 0.251 e. The Balaban J connectivity index is 1.96. The summed E-state index contributed by atoms with van der Waals surface area (Å²) in [5, 5.41) is 2.78. The van der Waals surface area contributed by atoms with E-state index in [4.69, 9.17) is 0 Å². The van der Waals surface area contributed by atoms with E-state index in [0.29, 0.717) is 12.1 Å². The molecule has 1 aromatic heterocycles. The topological polar surface area (TPSA) is 54.9 Å². The van der Waals surface area contributed by atoms with E-state index in [0.717, 1.165) is 10.6 Å². The molecular weight excluding hydrogens is 234 g/mol. The fraction of sp³-hybridized carbons (Fsp3) is 0.0833. The number of rotatable bonds is 3. The van der Waals surface area contributed by atoms with E-state index in [1.54, 1.807) is 36.5 Å². The lowest BCUT2D eigenvalue weighted by Gasteiger charge is -2.04. The fourth-order valence-corrected chi connectivity index (χ4v) is 1.46. The van der Waals surface area contributed by atoms with Crippen LogP contribution in [0.1, 0.15) is 16.1 Å². The summed E-state index contributed by atoms with van der Waals surface area (Å²) in [7, 11) is 0. The van der Waals surface area contributed by atoms with Gasteiger partial charge in [0.25, 0.3) is 5.91 Å². The number of carbonyl (C=O) groups excluding carboxylic acids is 1. The molecular formula is C12H11N3OS. The predicted molar refractivity (Wildman–Crippen MR) is 66.9 cm³/mol. The lowest BCUT2D eigenvalue weighted by atomic mass is 10.2. The number of aromatic nitrogens is 2. The summed E-state index contributed by atoms with van der Waals surface area (Å²) in [6.07, 6.45) is 3.10. The van der Waals surface area contributed by atoms with Crippen molar-refractivity contribution in [3.63, 3.8) is 0 Å². The summed E-state index contributed by atoms with van der Waals surface area (Å²) in [4.78, 5) is 20.4. The Hall–Kier alpha value is -1.88. The third-order valence-electron chi connectivity index (χ3n) is 2.20. The van der Waals surface area contributed by atoms with Crippen molar-refractivity contribution in [3.8, 4) is 0 Å². The number of benzene rings is 1. The molecule has 1 heterocycles. The number of nitrogens with one attached hydrogen (secondary N) is 1. The largest absolute Gasteiger partial charge is 0.346 e. The van der Waals surface area contributed by atoms with Crippen LogP contribution in [0.5, 0.6) is 0 Å². The van der Waals surface area contributed by atoms with E-state index in [2.05, 4.69) is 27.9 Å². The third kappa shape index (κ3) is 3.29. The van der Waals surface area contributed by atoms with Gasteiger partial charge in [-0.3, -0.25) is 4.79 Å². The summed E-state index contributed by atoms with van der Waals surface area (Å²) in [5.41, 5.74) is 1.39. The first kappa shape index (κ1) is 11.6. The van der Waals surface area contributed by atoms with Gasteiger partial charge < -0.3 is 5.32 Å². The van der Waals surface area contributed by atoms with E-state index in [1.807, 2.05) is 0 Å². The van der Waals surface area contributed by atoms with Gasteiger partial charge >= 0.3 is 0 Å². The van der Waals surface area contributed by atoms with Crippen molar-refractivity contribution >= 4 is 18.5 Å². The van der Waals surface area contributed by atoms with Gasteiger partial charge in [-0.2, -0.15) is 0 Å². The molecule has 0 spiro atoms. The van der Waals surface area contributed by atoms with Gasteiger partial charge in [0.1, 0.15) is 6.33 Å². The van der Waals surface area contributed by atoms with Crippen molar-refractivity contribution in [3.05, 3.63) is 54.1 Å². The second-order valence-electron chi connectivity index (χ2n) is 3.43. The zero-order valence-corrected chi connectivity index (χ0v) is 9.89. The first-order chi connectivity index (χ1) is 8.25. The molecule has 0 saturated carbocycles. The number of nitrogens with zero attached hydrogens (tertiary/aromatic N) is 2. The number of carbonyl (C=O) groups is 1. The van der Waals surface area contributed by atoms with Crippen LogP contribution in [-0.4, -0.2) is 15.9 Å². The van der Waals surface area contributed by atoms with Crippen LogP contribution in [0.25, 0.3) is 0 Å². The molecule has 0 saturated heterocycles. The van der Waals surface area contributed by atoms with Gasteiger partial charge in [0.2, 0.25) is 0 Å². The molecule has 0 aliphatic heterocycles. The number of hydrogen-bond donors (Lipinski definition) is 2. The van der Waals surface area contributed by atoms with Crippen LogP contribution in [0.2, 0.25) is 0 Å². The summed E-state index contributed by atoms with van der Waals surface area (Å²) < 4.78 is 0. The maximum absolute atomic E-state index is 11.7. The summed E-state index contributed by atoms with van der Waals surface area (Å²) in [5.74, 6) is -0.128. The second-order valence-corrected chi connectivity index (χ2v) is 3.95. The predicted octanol–water partition coefficient (Wildman–Crippen LogP) is 1.70. The van der Waals surface area contributed by atoms with Crippen molar-refractivity contribution < 1.29 is 4.79 Å². The van der Waals surface area contributed by atoms with Gasteiger partial charge in [0, 0.05) is 16.7 Å². The zero-order valence-electron chi connectivity index (χ0n) is 9.00. The SMILES string of the molecule is O=C(NCc1ccncn1)c1ccc(S)cc1. The standard InChI is InChI=1S/C12H11N3OS/c16-12(9-1-3-11(17)4-2-9)14-7-10-5-6-13-8-15-10/h1-6,8,17H,7H2,(H,14,16). The molecule has 1 amide bonds. The van der Waals surface area contributed by atoms with Crippen molar-refractivity contribution in [2.24, 2.45) is 0 Å². The molecule has 5 heteroatoms. The maximum atomic E-state index is 11.7. The Labute approximate surface area is 105 Å². The molecule has 0 bridgehead atoms. The Morgan fingerprint density at radius 2 is 2.00 bits per heavy atom. The zero-order chi connectivity index (χ0) is 12.1. The smallest absolute Gasteiger partial charge is 0.251 e. The van der Waals surface area contributed by atoms with Crippen LogP contribution in [0, 0.1) is 0 Å². The van der Waals surface area contributed by atoms with E-state index in [9.17, 15) is 4.79 Å². The molecule has 0 aliphatic carbocycles. The molecule has 2 aromatic rings. The first-order valence-electron chi connectivity index (χ1n) is 5.08. The second kappa shape index (κ2) is 5.45. The Kier molecular flexibility index (Phi) is 3.72. The molecule has 2 rings (SSSR count). The molecule has 0 fully saturated rings. The van der Waals surface area contributed by atoms with Gasteiger partial charge in [0.05, 0.1) is 12.2 Å². The quantitative estimate of drug-likeness (QED) is 0.809. The van der Waals surface area contributed by atoms with Crippen LogP contribution in [0.15, 0.2) is 47.8 Å². The van der Waals surface area contributed by atoms with E-state index in [1.165, 1.54) is 6.33 Å². The van der Waals surface area contributed by atoms with Gasteiger partial charge in [0.15, 0.2) is 0 Å². The summed E-state index contributed by atoms with van der Waals surface area (Å²) >= 11 is 4.16. The van der Waals surface area contributed by atoms with Gasteiger partial charge in [-0.25, -0.2) is 9.97 Å². The van der Waals surface area contributed by atoms with Crippen molar-refractivity contribution in [1.82, 2.24) is 15.3 Å². The molecule has 4 nitrogen and oxygen atoms in total. The Bertz CT molecular complexity index is 499. The lowest BCUT2D eigenvalue weighted by molar-refractivity contribution is 0.0950. The molecule has 1 aromatic carbocycles. The van der Waals surface area contributed by atoms with Crippen molar-refractivity contribution in [1.29, 1.82) is 0 Å².